The molecule has 1 aliphatic rings. The van der Waals surface area contributed by atoms with E-state index in [4.69, 9.17) is 4.74 Å². The van der Waals surface area contributed by atoms with E-state index in [1.54, 1.807) is 11.0 Å². The number of benzene rings is 1. The Labute approximate surface area is 129 Å². The first-order valence-corrected chi connectivity index (χ1v) is 6.91. The van der Waals surface area contributed by atoms with Crippen molar-refractivity contribution in [1.82, 2.24) is 4.98 Å². The molecule has 1 fully saturated rings. The lowest BCUT2D eigenvalue weighted by Crippen LogP contribution is -2.50. The van der Waals surface area contributed by atoms with Crippen LogP contribution in [0.1, 0.15) is 5.56 Å². The Kier molecular flexibility index (Phi) is 3.85. The van der Waals surface area contributed by atoms with Gasteiger partial charge in [0, 0.05) is 23.8 Å². The Morgan fingerprint density at radius 3 is 2.83 bits per heavy atom. The van der Waals surface area contributed by atoms with Crippen LogP contribution >= 0.6 is 0 Å². The molecule has 5 nitrogen and oxygen atoms in total. The number of halogens is 3. The second kappa shape index (κ2) is 5.69. The molecule has 0 amide bonds. The van der Waals surface area contributed by atoms with E-state index in [9.17, 15) is 23.1 Å². The van der Waals surface area contributed by atoms with Crippen molar-refractivity contribution in [3.63, 3.8) is 0 Å². The van der Waals surface area contributed by atoms with Gasteiger partial charge in [-0.15, -0.1) is 0 Å². The fourth-order valence-electron chi connectivity index (χ4n) is 2.66. The van der Waals surface area contributed by atoms with Gasteiger partial charge >= 0.3 is 12.1 Å². The third-order valence-corrected chi connectivity index (χ3v) is 3.77. The quantitative estimate of drug-likeness (QED) is 0.919. The van der Waals surface area contributed by atoms with Crippen LogP contribution in [-0.2, 0) is 15.7 Å². The molecule has 1 unspecified atom stereocenters. The second-order valence-corrected chi connectivity index (χ2v) is 5.18. The van der Waals surface area contributed by atoms with Gasteiger partial charge in [-0.1, -0.05) is 6.07 Å². The van der Waals surface area contributed by atoms with E-state index < -0.39 is 23.8 Å². The van der Waals surface area contributed by atoms with Gasteiger partial charge in [0.15, 0.2) is 6.04 Å². The number of ether oxygens (including phenoxy) is 1. The predicted molar refractivity (Wildman–Crippen MR) is 76.3 cm³/mol. The molecule has 1 saturated heterocycles. The first-order chi connectivity index (χ1) is 10.9. The zero-order valence-electron chi connectivity index (χ0n) is 11.9. The molecule has 3 rings (SSSR count). The number of hydrogen-bond donors (Lipinski definition) is 1. The largest absolute Gasteiger partial charge is 0.480 e. The van der Waals surface area contributed by atoms with Gasteiger partial charge < -0.3 is 14.7 Å². The van der Waals surface area contributed by atoms with Crippen molar-refractivity contribution in [3.05, 3.63) is 36.0 Å². The molecule has 1 aliphatic heterocycles. The Hall–Kier alpha value is -2.35. The predicted octanol–water partition coefficient (Wildman–Crippen LogP) is 2.54. The van der Waals surface area contributed by atoms with Crippen LogP contribution in [0.2, 0.25) is 0 Å². The summed E-state index contributed by atoms with van der Waals surface area (Å²) in [5.41, 5.74) is -0.0706. The lowest BCUT2D eigenvalue weighted by Gasteiger charge is -2.35. The van der Waals surface area contributed by atoms with Crippen molar-refractivity contribution in [2.24, 2.45) is 0 Å². The molecule has 2 heterocycles. The number of alkyl halides is 3. The third kappa shape index (κ3) is 2.94. The maximum atomic E-state index is 12.8. The molecule has 122 valence electrons. The number of rotatable bonds is 2. The SMILES string of the molecule is O=C(O)C1COCCN1c1ccnc2cc(C(F)(F)F)ccc12. The minimum absolute atomic E-state index is 0.0276. The van der Waals surface area contributed by atoms with Gasteiger partial charge in [-0.2, -0.15) is 13.2 Å². The lowest BCUT2D eigenvalue weighted by molar-refractivity contribution is -0.141. The molecule has 1 aromatic heterocycles. The Bertz CT molecular complexity index is 748. The van der Waals surface area contributed by atoms with Crippen LogP contribution in [0.25, 0.3) is 10.9 Å². The highest BCUT2D eigenvalue weighted by molar-refractivity contribution is 5.94. The molecular weight excluding hydrogens is 313 g/mol. The summed E-state index contributed by atoms with van der Waals surface area (Å²) in [5.74, 6) is -1.04. The zero-order valence-corrected chi connectivity index (χ0v) is 11.9. The first kappa shape index (κ1) is 15.5. The van der Waals surface area contributed by atoms with E-state index in [1.807, 2.05) is 0 Å². The number of carboxylic acids is 1. The van der Waals surface area contributed by atoms with Gasteiger partial charge in [0.25, 0.3) is 0 Å². The van der Waals surface area contributed by atoms with E-state index in [0.29, 0.717) is 24.2 Å². The van der Waals surface area contributed by atoms with E-state index in [0.717, 1.165) is 12.1 Å². The molecule has 1 aromatic carbocycles. The minimum atomic E-state index is -4.45. The molecule has 0 radical (unpaired) electrons. The van der Waals surface area contributed by atoms with Crippen molar-refractivity contribution in [3.8, 4) is 0 Å². The van der Waals surface area contributed by atoms with Crippen LogP contribution in [0.3, 0.4) is 0 Å². The van der Waals surface area contributed by atoms with Gasteiger partial charge in [0.2, 0.25) is 0 Å². The van der Waals surface area contributed by atoms with Crippen LogP contribution in [0.15, 0.2) is 30.5 Å². The summed E-state index contributed by atoms with van der Waals surface area (Å²) < 4.78 is 43.6. The topological polar surface area (TPSA) is 62.7 Å². The third-order valence-electron chi connectivity index (χ3n) is 3.77. The molecule has 0 saturated carbocycles. The highest BCUT2D eigenvalue weighted by atomic mass is 19.4. The maximum absolute atomic E-state index is 12.8. The smallest absolute Gasteiger partial charge is 0.416 e. The standard InChI is InChI=1S/C15H13F3N2O3/c16-15(17,18)9-1-2-10-11(7-9)19-4-3-12(10)20-5-6-23-8-13(20)14(21)22/h1-4,7,13H,5-6,8H2,(H,21,22). The van der Waals surface area contributed by atoms with Crippen molar-refractivity contribution in [1.29, 1.82) is 0 Å². The maximum Gasteiger partial charge on any atom is 0.416 e. The first-order valence-electron chi connectivity index (χ1n) is 6.91. The molecule has 1 atom stereocenters. The second-order valence-electron chi connectivity index (χ2n) is 5.18. The van der Waals surface area contributed by atoms with E-state index in [-0.39, 0.29) is 12.1 Å². The van der Waals surface area contributed by atoms with Crippen molar-refractivity contribution < 1.29 is 27.8 Å². The summed E-state index contributed by atoms with van der Waals surface area (Å²) in [6, 6.07) is 4.00. The summed E-state index contributed by atoms with van der Waals surface area (Å²) in [4.78, 5) is 17.0. The fourth-order valence-corrected chi connectivity index (χ4v) is 2.66. The van der Waals surface area contributed by atoms with Gasteiger partial charge in [-0.25, -0.2) is 4.79 Å². The van der Waals surface area contributed by atoms with Crippen LogP contribution in [0, 0.1) is 0 Å². The van der Waals surface area contributed by atoms with E-state index in [2.05, 4.69) is 4.98 Å². The Morgan fingerprint density at radius 2 is 2.13 bits per heavy atom. The molecular formula is C15H13F3N2O3. The molecule has 0 spiro atoms. The average Bonchev–Trinajstić information content (AvgIpc) is 2.53. The number of morpholine rings is 1. The van der Waals surface area contributed by atoms with Gasteiger partial charge in [0.1, 0.15) is 0 Å². The summed E-state index contributed by atoms with van der Waals surface area (Å²) in [5, 5.41) is 9.79. The van der Waals surface area contributed by atoms with Crippen LogP contribution in [0.5, 0.6) is 0 Å². The number of aliphatic carboxylic acids is 1. The normalized spacial score (nSPS) is 19.1. The van der Waals surface area contributed by atoms with Gasteiger partial charge in [-0.3, -0.25) is 4.98 Å². The number of carboxylic acid groups (broad SMARTS) is 1. The Morgan fingerprint density at radius 1 is 1.35 bits per heavy atom. The summed E-state index contributed by atoms with van der Waals surface area (Å²) in [7, 11) is 0. The number of fused-ring (bicyclic) bond motifs is 1. The lowest BCUT2D eigenvalue weighted by atomic mass is 10.1. The molecule has 1 N–H and O–H groups in total. The van der Waals surface area contributed by atoms with Crippen molar-refractivity contribution >= 4 is 22.6 Å². The van der Waals surface area contributed by atoms with Crippen LogP contribution in [0.4, 0.5) is 18.9 Å². The molecule has 8 heteroatoms. The van der Waals surface area contributed by atoms with Crippen LogP contribution in [-0.4, -0.2) is 41.9 Å². The van der Waals surface area contributed by atoms with Gasteiger partial charge in [-0.05, 0) is 18.2 Å². The van der Waals surface area contributed by atoms with E-state index in [1.165, 1.54) is 12.3 Å². The number of carbonyl (C=O) groups is 1. The van der Waals surface area contributed by atoms with Crippen molar-refractivity contribution in [2.45, 2.75) is 12.2 Å². The number of hydrogen-bond acceptors (Lipinski definition) is 4. The number of pyridine rings is 1. The summed E-state index contributed by atoms with van der Waals surface area (Å²) in [6.07, 6.45) is -3.07. The molecule has 23 heavy (non-hydrogen) atoms. The summed E-state index contributed by atoms with van der Waals surface area (Å²) in [6.45, 7) is 0.727. The number of nitrogens with zero attached hydrogens (tertiary/aromatic N) is 2. The molecule has 0 aliphatic carbocycles. The number of aromatic nitrogens is 1. The molecule has 2 aromatic rings. The Balaban J connectivity index is 2.09. The van der Waals surface area contributed by atoms with Crippen molar-refractivity contribution in [2.75, 3.05) is 24.7 Å². The summed E-state index contributed by atoms with van der Waals surface area (Å²) >= 11 is 0. The van der Waals surface area contributed by atoms with E-state index >= 15 is 0 Å². The zero-order chi connectivity index (χ0) is 16.6. The molecule has 0 bridgehead atoms. The average molecular weight is 326 g/mol. The van der Waals surface area contributed by atoms with Gasteiger partial charge in [0.05, 0.1) is 24.3 Å². The number of anilines is 1. The highest BCUT2D eigenvalue weighted by Crippen LogP contribution is 2.34. The minimum Gasteiger partial charge on any atom is -0.480 e. The highest BCUT2D eigenvalue weighted by Gasteiger charge is 2.32. The monoisotopic (exact) mass is 326 g/mol. The van der Waals surface area contributed by atoms with Crippen LogP contribution < -0.4 is 4.90 Å². The fraction of sp³-hybridized carbons (Fsp3) is 0.333.